The second-order valence-corrected chi connectivity index (χ2v) is 4.67. The van der Waals surface area contributed by atoms with Crippen LogP contribution >= 0.6 is 8.53 Å². The third-order valence-corrected chi connectivity index (χ3v) is 2.83. The molecule has 0 aliphatic carbocycles. The Morgan fingerprint density at radius 1 is 1.27 bits per heavy atom. The molecule has 0 spiro atoms. The molecule has 0 saturated heterocycles. The van der Waals surface area contributed by atoms with Gasteiger partial charge >= 0.3 is 6.01 Å². The molecule has 0 radical (unpaired) electrons. The molecule has 1 aromatic rings. The maximum absolute atomic E-state index is 5.57. The van der Waals surface area contributed by atoms with E-state index in [1.165, 1.54) is 6.26 Å². The molecule has 0 bridgehead atoms. The second kappa shape index (κ2) is 6.05. The van der Waals surface area contributed by atoms with Crippen LogP contribution in [-0.4, -0.2) is 17.2 Å². The predicted molar refractivity (Wildman–Crippen MR) is 59.5 cm³/mol. The third kappa shape index (κ3) is 5.11. The Labute approximate surface area is 91.1 Å². The number of aromatic nitrogens is 1. The molecule has 6 heteroatoms. The van der Waals surface area contributed by atoms with Crippen LogP contribution in [0.25, 0.3) is 0 Å². The van der Waals surface area contributed by atoms with Gasteiger partial charge in [-0.15, -0.1) is 0 Å². The Kier molecular flexibility index (Phi) is 5.02. The molecule has 86 valence electrons. The van der Waals surface area contributed by atoms with Gasteiger partial charge in [-0.1, -0.05) is 0 Å². The van der Waals surface area contributed by atoms with Gasteiger partial charge in [-0.2, -0.15) is 0 Å². The number of anilines is 1. The van der Waals surface area contributed by atoms with Gasteiger partial charge < -0.3 is 13.5 Å². The summed E-state index contributed by atoms with van der Waals surface area (Å²) in [5, 5.41) is 2.96. The molecular weight excluding hydrogens is 215 g/mol. The summed E-state index contributed by atoms with van der Waals surface area (Å²) in [5.74, 6) is 0. The Morgan fingerprint density at radius 2 is 1.87 bits per heavy atom. The molecule has 0 unspecified atom stereocenters. The maximum Gasteiger partial charge on any atom is 0.301 e. The van der Waals surface area contributed by atoms with Crippen molar-refractivity contribution >= 4 is 14.5 Å². The van der Waals surface area contributed by atoms with Gasteiger partial charge in [0.1, 0.15) is 6.26 Å². The van der Waals surface area contributed by atoms with E-state index in [1.54, 1.807) is 6.20 Å². The molecule has 0 aliphatic rings. The maximum atomic E-state index is 5.57. The molecule has 5 nitrogen and oxygen atoms in total. The summed E-state index contributed by atoms with van der Waals surface area (Å²) >= 11 is 0. The molecule has 0 amide bonds. The van der Waals surface area contributed by atoms with Crippen molar-refractivity contribution in [2.45, 2.75) is 39.9 Å². The summed E-state index contributed by atoms with van der Waals surface area (Å²) in [5.41, 5.74) is 0. The minimum absolute atomic E-state index is 0.0947. The van der Waals surface area contributed by atoms with Gasteiger partial charge in [0.25, 0.3) is 8.53 Å². The molecule has 15 heavy (non-hydrogen) atoms. The number of oxazole rings is 1. The van der Waals surface area contributed by atoms with E-state index >= 15 is 0 Å². The smallest absolute Gasteiger partial charge is 0.301 e. The lowest BCUT2D eigenvalue weighted by atomic mass is 10.5. The van der Waals surface area contributed by atoms with Crippen LogP contribution in [0.15, 0.2) is 16.9 Å². The first kappa shape index (κ1) is 12.4. The lowest BCUT2D eigenvalue weighted by molar-refractivity contribution is 0.180. The van der Waals surface area contributed by atoms with Crippen LogP contribution in [0.2, 0.25) is 0 Å². The van der Waals surface area contributed by atoms with Gasteiger partial charge in [0.05, 0.1) is 18.4 Å². The van der Waals surface area contributed by atoms with Crippen molar-refractivity contribution in [1.29, 1.82) is 0 Å². The van der Waals surface area contributed by atoms with Crippen LogP contribution in [-0.2, 0) is 9.05 Å². The van der Waals surface area contributed by atoms with E-state index < -0.39 is 8.53 Å². The monoisotopic (exact) mass is 232 g/mol. The first-order chi connectivity index (χ1) is 7.08. The van der Waals surface area contributed by atoms with E-state index in [9.17, 15) is 0 Å². The van der Waals surface area contributed by atoms with Gasteiger partial charge in [-0.05, 0) is 27.7 Å². The molecule has 0 saturated carbocycles. The van der Waals surface area contributed by atoms with E-state index in [2.05, 4.69) is 10.1 Å². The first-order valence-corrected chi connectivity index (χ1v) is 6.05. The topological polar surface area (TPSA) is 56.5 Å². The summed E-state index contributed by atoms with van der Waals surface area (Å²) in [4.78, 5) is 3.95. The van der Waals surface area contributed by atoms with Crippen molar-refractivity contribution in [3.05, 3.63) is 12.5 Å². The second-order valence-electron chi connectivity index (χ2n) is 3.51. The highest BCUT2D eigenvalue weighted by atomic mass is 31.2. The minimum Gasteiger partial charge on any atom is -0.432 e. The molecule has 1 aromatic heterocycles. The molecule has 1 N–H and O–H groups in total. The highest BCUT2D eigenvalue weighted by Crippen LogP contribution is 2.40. The molecule has 1 rings (SSSR count). The van der Waals surface area contributed by atoms with Crippen molar-refractivity contribution in [2.24, 2.45) is 0 Å². The Hall–Kier alpha value is -0.640. The number of hydrogen-bond donors (Lipinski definition) is 1. The summed E-state index contributed by atoms with van der Waals surface area (Å²) in [6.45, 7) is 7.82. The standard InChI is InChI=1S/C9H17N2O3P/c1-7(2)13-15(14-8(3)4)11-9-10-5-6-12-9/h5-8H,1-4H3,(H,10,11). The molecule has 0 aromatic carbocycles. The fourth-order valence-electron chi connectivity index (χ4n) is 0.817. The Balaban J connectivity index is 2.48. The largest absolute Gasteiger partial charge is 0.432 e. The van der Waals surface area contributed by atoms with E-state index in [0.29, 0.717) is 6.01 Å². The SMILES string of the molecule is CC(C)OP(Nc1ncco1)OC(C)C. The molecule has 0 aliphatic heterocycles. The first-order valence-electron chi connectivity index (χ1n) is 4.87. The molecular formula is C9H17N2O3P. The van der Waals surface area contributed by atoms with E-state index in [-0.39, 0.29) is 12.2 Å². The van der Waals surface area contributed by atoms with E-state index in [0.717, 1.165) is 0 Å². The van der Waals surface area contributed by atoms with Crippen molar-refractivity contribution in [2.75, 3.05) is 5.09 Å². The summed E-state index contributed by atoms with van der Waals surface area (Å²) in [7, 11) is -1.20. The Morgan fingerprint density at radius 3 is 2.27 bits per heavy atom. The molecule has 1 heterocycles. The number of nitrogens with zero attached hydrogens (tertiary/aromatic N) is 1. The highest BCUT2D eigenvalue weighted by molar-refractivity contribution is 7.48. The van der Waals surface area contributed by atoms with Crippen molar-refractivity contribution in [1.82, 2.24) is 4.98 Å². The zero-order chi connectivity index (χ0) is 11.3. The average molecular weight is 232 g/mol. The average Bonchev–Trinajstić information content (AvgIpc) is 2.53. The summed E-state index contributed by atoms with van der Waals surface area (Å²) in [6.07, 6.45) is 3.26. The zero-order valence-electron chi connectivity index (χ0n) is 9.43. The minimum atomic E-state index is -1.20. The number of hydrogen-bond acceptors (Lipinski definition) is 5. The van der Waals surface area contributed by atoms with Crippen molar-refractivity contribution in [3.8, 4) is 0 Å². The predicted octanol–water partition coefficient (Wildman–Crippen LogP) is 3.16. The van der Waals surface area contributed by atoms with Crippen LogP contribution in [0.1, 0.15) is 27.7 Å². The normalized spacial score (nSPS) is 11.7. The third-order valence-electron chi connectivity index (χ3n) is 1.23. The van der Waals surface area contributed by atoms with Crippen LogP contribution in [0.5, 0.6) is 0 Å². The fraction of sp³-hybridized carbons (Fsp3) is 0.667. The molecule has 0 atom stereocenters. The number of nitrogens with one attached hydrogen (secondary N) is 1. The lowest BCUT2D eigenvalue weighted by Gasteiger charge is -2.20. The van der Waals surface area contributed by atoms with Gasteiger partial charge in [-0.25, -0.2) is 4.98 Å². The Bertz CT molecular complexity index is 254. The highest BCUT2D eigenvalue weighted by Gasteiger charge is 2.16. The van der Waals surface area contributed by atoms with Crippen LogP contribution in [0.3, 0.4) is 0 Å². The summed E-state index contributed by atoms with van der Waals surface area (Å²) < 4.78 is 16.2. The molecule has 0 fully saturated rings. The van der Waals surface area contributed by atoms with Gasteiger partial charge in [0, 0.05) is 0 Å². The summed E-state index contributed by atoms with van der Waals surface area (Å²) in [6, 6.07) is 0.419. The van der Waals surface area contributed by atoms with E-state index in [1.807, 2.05) is 27.7 Å². The fourth-order valence-corrected chi connectivity index (χ4v) is 2.00. The number of rotatable bonds is 6. The van der Waals surface area contributed by atoms with E-state index in [4.69, 9.17) is 13.5 Å². The van der Waals surface area contributed by atoms with Gasteiger partial charge in [-0.3, -0.25) is 5.09 Å². The zero-order valence-corrected chi connectivity index (χ0v) is 10.3. The van der Waals surface area contributed by atoms with Gasteiger partial charge in [0.15, 0.2) is 0 Å². The van der Waals surface area contributed by atoms with Crippen LogP contribution in [0, 0.1) is 0 Å². The van der Waals surface area contributed by atoms with Gasteiger partial charge in [0.2, 0.25) is 0 Å². The van der Waals surface area contributed by atoms with Crippen molar-refractivity contribution < 1.29 is 13.5 Å². The quantitative estimate of drug-likeness (QED) is 0.763. The van der Waals surface area contributed by atoms with Crippen molar-refractivity contribution in [3.63, 3.8) is 0 Å². The lowest BCUT2D eigenvalue weighted by Crippen LogP contribution is -2.09. The van der Waals surface area contributed by atoms with Crippen LogP contribution < -0.4 is 5.09 Å². The van der Waals surface area contributed by atoms with Crippen LogP contribution in [0.4, 0.5) is 6.01 Å².